The van der Waals surface area contributed by atoms with E-state index in [2.05, 4.69) is 170 Å². The van der Waals surface area contributed by atoms with Crippen molar-refractivity contribution < 1.29 is 95.5 Å². The maximum atomic E-state index is 11.4. The summed E-state index contributed by atoms with van der Waals surface area (Å²) in [5.41, 5.74) is -11.5. The summed E-state index contributed by atoms with van der Waals surface area (Å²) in [7, 11) is -26.9. The zero-order chi connectivity index (χ0) is 62.9. The highest BCUT2D eigenvalue weighted by Gasteiger charge is 2.48. The molecular weight excluding hydrogens is 1240 g/mol. The molecule has 0 unspecified atom stereocenters. The fraction of sp³-hybridized carbons (Fsp3) is 0.145. The van der Waals surface area contributed by atoms with Crippen LogP contribution in [-0.2, 0) is 66.3 Å². The van der Waals surface area contributed by atoms with Gasteiger partial charge in [-0.25, -0.2) is 56.9 Å². The Kier molecular flexibility index (Phi) is 19.6. The Morgan fingerprint density at radius 1 is 0.360 bits per heavy atom. The van der Waals surface area contributed by atoms with Crippen LogP contribution >= 0.6 is 0 Å². The quantitative estimate of drug-likeness (QED) is 0.0649. The predicted octanol–water partition coefficient (Wildman–Crippen LogP) is 10.7. The molecular formula is C55H39F12N7O8S4. The molecule has 31 heteroatoms. The number of para-hydroxylation sites is 4. The third-order valence-electron chi connectivity index (χ3n) is 11.5. The van der Waals surface area contributed by atoms with Crippen LogP contribution in [0.5, 0.6) is 0 Å². The molecule has 0 atom stereocenters. The molecule has 3 aromatic heterocycles. The molecule has 0 bridgehead atoms. The Morgan fingerprint density at radius 2 is 0.640 bits per heavy atom. The average Bonchev–Trinajstić information content (AvgIpc) is 1.78. The summed E-state index contributed by atoms with van der Waals surface area (Å²) in [5, 5.41) is 0. The number of hydrogen-bond acceptors (Lipinski definition) is 9. The lowest BCUT2D eigenvalue weighted by atomic mass is 10.1. The van der Waals surface area contributed by atoms with Crippen LogP contribution in [0.15, 0.2) is 189 Å². The topological polar surface area (TPSA) is 195 Å². The zero-order valence-corrected chi connectivity index (χ0v) is 46.6. The smallest absolute Gasteiger partial charge is 0.421 e. The van der Waals surface area contributed by atoms with Crippen LogP contribution in [-0.4, -0.2) is 69.8 Å². The van der Waals surface area contributed by atoms with Crippen molar-refractivity contribution in [1.29, 1.82) is 0 Å². The molecule has 0 spiro atoms. The number of aromatic nitrogens is 5. The third-order valence-corrected chi connectivity index (χ3v) is 17.0. The van der Waals surface area contributed by atoms with Crippen molar-refractivity contribution in [1.82, 2.24) is 14.1 Å². The van der Waals surface area contributed by atoms with Crippen molar-refractivity contribution in [2.45, 2.75) is 48.2 Å². The minimum Gasteiger partial charge on any atom is -0.421 e. The Hall–Kier alpha value is -8.59. The van der Waals surface area contributed by atoms with Crippen LogP contribution in [0.25, 0.3) is 30.3 Å². The van der Waals surface area contributed by atoms with Gasteiger partial charge in [0.2, 0.25) is 12.7 Å². The molecule has 0 aliphatic carbocycles. The van der Waals surface area contributed by atoms with Gasteiger partial charge in [-0.15, -0.1) is 0 Å². The summed E-state index contributed by atoms with van der Waals surface area (Å²) in [6, 6.07) is 60.9. The van der Waals surface area contributed by atoms with Gasteiger partial charge in [0.25, 0.3) is 0 Å². The number of benzene rings is 6. The van der Waals surface area contributed by atoms with Crippen LogP contribution in [0.1, 0.15) is 44.8 Å². The van der Waals surface area contributed by atoms with E-state index in [9.17, 15) is 86.4 Å². The van der Waals surface area contributed by atoms with Gasteiger partial charge in [0.1, 0.15) is 26.2 Å². The largest absolute Gasteiger partial charge is 0.480 e. The van der Waals surface area contributed by atoms with Crippen molar-refractivity contribution in [3.63, 3.8) is 0 Å². The van der Waals surface area contributed by atoms with E-state index in [-0.39, 0.29) is 0 Å². The molecule has 0 amide bonds. The molecule has 0 radical (unpaired) electrons. The Morgan fingerprint density at radius 3 is 0.942 bits per heavy atom. The van der Waals surface area contributed by atoms with Gasteiger partial charge in [0, 0.05) is 22.3 Å². The summed E-state index contributed by atoms with van der Waals surface area (Å²) < 4.78 is 228. The van der Waals surface area contributed by atoms with Crippen LogP contribution in [0.3, 0.4) is 0 Å². The van der Waals surface area contributed by atoms with Crippen molar-refractivity contribution in [3.8, 4) is 23.7 Å². The highest BCUT2D eigenvalue weighted by molar-refractivity contribution is 8.13. The van der Waals surface area contributed by atoms with Crippen LogP contribution in [0.2, 0.25) is 0 Å². The van der Waals surface area contributed by atoms with Gasteiger partial charge in [-0.2, -0.15) is 52.7 Å². The third kappa shape index (κ3) is 16.9. The predicted molar refractivity (Wildman–Crippen MR) is 289 cm³/mol. The first-order valence-corrected chi connectivity index (χ1v) is 29.8. The van der Waals surface area contributed by atoms with E-state index in [1.807, 2.05) is 60.7 Å². The monoisotopic (exact) mass is 1280 g/mol. The Labute approximate surface area is 483 Å². The first-order chi connectivity index (χ1) is 40.1. The molecule has 0 fully saturated rings. The van der Waals surface area contributed by atoms with Crippen LogP contribution < -0.4 is 9.13 Å². The number of hydrogen-bond donors (Lipinski definition) is 0. The molecule has 0 N–H and O–H groups in total. The summed E-state index contributed by atoms with van der Waals surface area (Å²) in [6.45, 7) is 2.88. The molecule has 15 nitrogen and oxygen atoms in total. The van der Waals surface area contributed by atoms with E-state index >= 15 is 0 Å². The normalized spacial score (nSPS) is 12.4. The lowest BCUT2D eigenvalue weighted by molar-refractivity contribution is -0.663. The lowest BCUT2D eigenvalue weighted by Gasteiger charge is -2.22. The SMILES string of the molecule is C(#Cc1ccc(C[n+]2cn(Cc3cccc(Cn4c[n+](Cc5ccc(C#Cc6ccccc6)cc5)c5ccccc54)n3)c3ccccc32)cc1)c1ccccc1.O=S(=O)([N-]S(=O)(=O)C(F)(F)F)C(F)(F)F.O=S(=O)([N-]S(=O)(=O)C(F)(F)F)C(F)(F)F. The minimum absolute atomic E-state index is 0.674. The molecule has 0 saturated carbocycles. The van der Waals surface area contributed by atoms with Gasteiger partial charge in [0.15, 0.2) is 62.2 Å². The number of halogens is 12. The Bertz CT molecular complexity index is 4120. The lowest BCUT2D eigenvalue weighted by Crippen LogP contribution is -2.32. The Balaban J connectivity index is 0.000000291. The van der Waals surface area contributed by atoms with Crippen LogP contribution in [0.4, 0.5) is 52.7 Å². The zero-order valence-electron chi connectivity index (χ0n) is 43.3. The summed E-state index contributed by atoms with van der Waals surface area (Å²) >= 11 is 0. The van der Waals surface area contributed by atoms with Crippen molar-refractivity contribution in [3.05, 3.63) is 242 Å². The van der Waals surface area contributed by atoms with Crippen molar-refractivity contribution >= 4 is 62.2 Å². The van der Waals surface area contributed by atoms with Gasteiger partial charge in [-0.05, 0) is 96.1 Å². The average molecular weight is 1280 g/mol. The molecule has 450 valence electrons. The van der Waals surface area contributed by atoms with Gasteiger partial charge >= 0.3 is 22.0 Å². The van der Waals surface area contributed by atoms with Gasteiger partial charge in [0.05, 0.1) is 11.4 Å². The molecule has 86 heavy (non-hydrogen) atoms. The first-order valence-electron chi connectivity index (χ1n) is 24.1. The number of imidazole rings is 2. The standard InChI is InChI=1S/C51H39N5.2C2F6NO4S2/c1-3-12-40(13-4-1)22-24-42-26-30-44(31-27-42)34-53-38-55(50-20-9-7-18-48(50)53)36-46-16-11-17-47(52-46)37-56-39-54(49-19-8-10-21-51(49)56)35-45-32-28-43(29-33-45)25-23-41-14-5-2-6-15-41;2*3-1(4,5)14(10,11)9-15(12,13)2(6,7)8/h1-21,26-33,38-39H,34-37H2;;/q+2;2*-1. The minimum atomic E-state index is -6.72. The van der Waals surface area contributed by atoms with Gasteiger partial charge in [-0.1, -0.05) is 115 Å². The van der Waals surface area contributed by atoms with Crippen molar-refractivity contribution in [2.75, 3.05) is 0 Å². The first kappa shape index (κ1) is 65.0. The summed E-state index contributed by atoms with van der Waals surface area (Å²) in [5.74, 6) is 13.1. The van der Waals surface area contributed by atoms with E-state index in [1.165, 1.54) is 33.2 Å². The second-order valence-electron chi connectivity index (χ2n) is 17.8. The molecule has 0 aliphatic rings. The molecule has 9 rings (SSSR count). The molecule has 0 saturated heterocycles. The maximum Gasteiger partial charge on any atom is 0.480 e. The fourth-order valence-corrected chi connectivity index (χ4v) is 11.0. The van der Waals surface area contributed by atoms with E-state index in [1.54, 1.807) is 0 Å². The molecule has 3 heterocycles. The van der Waals surface area contributed by atoms with E-state index in [4.69, 9.17) is 4.98 Å². The maximum absolute atomic E-state index is 11.4. The van der Waals surface area contributed by atoms with E-state index in [0.717, 1.165) is 55.0 Å². The number of alkyl halides is 12. The summed E-state index contributed by atoms with van der Waals surface area (Å²) in [6.07, 6.45) is 4.43. The second kappa shape index (κ2) is 25.9. The molecule has 6 aromatic carbocycles. The van der Waals surface area contributed by atoms with Gasteiger partial charge in [-0.3, -0.25) is 0 Å². The fourth-order valence-electron chi connectivity index (χ4n) is 7.58. The highest BCUT2D eigenvalue weighted by atomic mass is 32.3. The van der Waals surface area contributed by atoms with Crippen molar-refractivity contribution in [2.24, 2.45) is 0 Å². The molecule has 0 aliphatic heterocycles. The summed E-state index contributed by atoms with van der Waals surface area (Å²) in [4.78, 5) is 5.18. The number of rotatable bonds is 12. The van der Waals surface area contributed by atoms with E-state index in [0.29, 0.717) is 13.1 Å². The number of sulfonamides is 4. The van der Waals surface area contributed by atoms with Gasteiger partial charge < -0.3 is 8.25 Å². The highest BCUT2D eigenvalue weighted by Crippen LogP contribution is 2.37. The van der Waals surface area contributed by atoms with Crippen LogP contribution in [0, 0.1) is 23.7 Å². The number of fused-ring (bicyclic) bond motifs is 2. The second-order valence-corrected chi connectivity index (χ2v) is 24.6. The number of pyridine rings is 1. The van der Waals surface area contributed by atoms with E-state index < -0.39 is 62.1 Å². The number of nitrogens with zero attached hydrogens (tertiary/aromatic N) is 7. The molecule has 9 aromatic rings.